The lowest BCUT2D eigenvalue weighted by atomic mass is 9.94. The maximum atomic E-state index is 5.89. The predicted octanol–water partition coefficient (Wildman–Crippen LogP) is 2.81. The molecule has 0 bridgehead atoms. The quantitative estimate of drug-likeness (QED) is 0.552. The molecule has 7 heteroatoms. The van der Waals surface area contributed by atoms with Crippen molar-refractivity contribution in [1.29, 1.82) is 0 Å². The standard InChI is InChI=1S/C19H30ClN3O3/c1-4-21-18(22-15-19(24-3)9-12-25-13-10-19)23(2)11-14-26-17-7-5-16(20)6-8-17/h5-8H,4,9-15H2,1-3H3,(H,21,22). The Balaban J connectivity index is 1.88. The minimum atomic E-state index is -0.223. The summed E-state index contributed by atoms with van der Waals surface area (Å²) in [4.78, 5) is 6.87. The van der Waals surface area contributed by atoms with Gasteiger partial charge in [-0.2, -0.15) is 0 Å². The van der Waals surface area contributed by atoms with E-state index in [1.54, 1.807) is 7.11 Å². The summed E-state index contributed by atoms with van der Waals surface area (Å²) in [6.07, 6.45) is 1.74. The van der Waals surface area contributed by atoms with Gasteiger partial charge in [0.25, 0.3) is 0 Å². The van der Waals surface area contributed by atoms with E-state index in [1.165, 1.54) is 0 Å². The van der Waals surface area contributed by atoms with E-state index in [0.717, 1.165) is 50.9 Å². The van der Waals surface area contributed by atoms with Crippen LogP contribution in [-0.2, 0) is 9.47 Å². The maximum absolute atomic E-state index is 5.89. The van der Waals surface area contributed by atoms with Crippen LogP contribution in [0.2, 0.25) is 5.02 Å². The second-order valence-corrected chi connectivity index (χ2v) is 6.83. The van der Waals surface area contributed by atoms with Gasteiger partial charge in [0.1, 0.15) is 12.4 Å². The number of rotatable bonds is 8. The minimum absolute atomic E-state index is 0.223. The van der Waals surface area contributed by atoms with Crippen molar-refractivity contribution in [3.05, 3.63) is 29.3 Å². The van der Waals surface area contributed by atoms with Gasteiger partial charge in [0.2, 0.25) is 0 Å². The zero-order valence-corrected chi connectivity index (χ0v) is 16.7. The Hall–Kier alpha value is -1.50. The number of nitrogens with one attached hydrogen (secondary N) is 1. The molecular formula is C19H30ClN3O3. The van der Waals surface area contributed by atoms with Crippen molar-refractivity contribution in [2.45, 2.75) is 25.4 Å². The van der Waals surface area contributed by atoms with Crippen molar-refractivity contribution in [3.8, 4) is 5.75 Å². The van der Waals surface area contributed by atoms with E-state index in [-0.39, 0.29) is 5.60 Å². The number of methoxy groups -OCH3 is 1. The monoisotopic (exact) mass is 383 g/mol. The van der Waals surface area contributed by atoms with Crippen LogP contribution in [0.15, 0.2) is 29.3 Å². The first kappa shape index (κ1) is 20.8. The average Bonchev–Trinajstić information content (AvgIpc) is 2.67. The Bertz CT molecular complexity index is 560. The first-order valence-electron chi connectivity index (χ1n) is 9.09. The Morgan fingerprint density at radius 1 is 1.31 bits per heavy atom. The molecular weight excluding hydrogens is 354 g/mol. The highest BCUT2D eigenvalue weighted by Gasteiger charge is 2.32. The third kappa shape index (κ3) is 6.34. The topological polar surface area (TPSA) is 55.3 Å². The smallest absolute Gasteiger partial charge is 0.193 e. The predicted molar refractivity (Wildman–Crippen MR) is 105 cm³/mol. The summed E-state index contributed by atoms with van der Waals surface area (Å²) < 4.78 is 17.0. The van der Waals surface area contributed by atoms with Crippen LogP contribution >= 0.6 is 11.6 Å². The fraction of sp³-hybridized carbons (Fsp3) is 0.632. The number of aliphatic imine (C=N–C) groups is 1. The summed E-state index contributed by atoms with van der Waals surface area (Å²) in [6, 6.07) is 7.39. The molecule has 6 nitrogen and oxygen atoms in total. The lowest BCUT2D eigenvalue weighted by Crippen LogP contribution is -2.45. The van der Waals surface area contributed by atoms with Gasteiger partial charge in [0.15, 0.2) is 5.96 Å². The van der Waals surface area contributed by atoms with Gasteiger partial charge < -0.3 is 24.4 Å². The average molecular weight is 384 g/mol. The van der Waals surface area contributed by atoms with Crippen LogP contribution in [0.5, 0.6) is 5.75 Å². The van der Waals surface area contributed by atoms with Crippen LogP contribution in [0.4, 0.5) is 0 Å². The van der Waals surface area contributed by atoms with Crippen molar-refractivity contribution in [1.82, 2.24) is 10.2 Å². The highest BCUT2D eigenvalue weighted by Crippen LogP contribution is 2.24. The number of hydrogen-bond acceptors (Lipinski definition) is 4. The summed E-state index contributed by atoms with van der Waals surface area (Å²) in [6.45, 7) is 6.23. The number of benzene rings is 1. The third-order valence-electron chi connectivity index (χ3n) is 4.56. The van der Waals surface area contributed by atoms with Gasteiger partial charge in [0.05, 0.1) is 18.7 Å². The van der Waals surface area contributed by atoms with Gasteiger partial charge in [-0.1, -0.05) is 11.6 Å². The SMILES string of the molecule is CCNC(=NCC1(OC)CCOCC1)N(C)CCOc1ccc(Cl)cc1. The van der Waals surface area contributed by atoms with Crippen molar-refractivity contribution in [3.63, 3.8) is 0 Å². The molecule has 0 aromatic heterocycles. The number of likely N-dealkylation sites (N-methyl/N-ethyl adjacent to an activating group) is 1. The highest BCUT2D eigenvalue weighted by molar-refractivity contribution is 6.30. The second-order valence-electron chi connectivity index (χ2n) is 6.39. The molecule has 1 N–H and O–H groups in total. The number of ether oxygens (including phenoxy) is 3. The molecule has 1 aliphatic rings. The molecule has 0 radical (unpaired) electrons. The molecule has 0 saturated carbocycles. The molecule has 2 rings (SSSR count). The van der Waals surface area contributed by atoms with E-state index in [4.69, 9.17) is 30.8 Å². The maximum Gasteiger partial charge on any atom is 0.193 e. The van der Waals surface area contributed by atoms with Crippen LogP contribution in [-0.4, -0.2) is 70.1 Å². The van der Waals surface area contributed by atoms with E-state index >= 15 is 0 Å². The first-order valence-corrected chi connectivity index (χ1v) is 9.47. The molecule has 0 atom stereocenters. The van der Waals surface area contributed by atoms with Crippen molar-refractivity contribution >= 4 is 17.6 Å². The Labute approximate surface area is 161 Å². The number of nitrogens with zero attached hydrogens (tertiary/aromatic N) is 2. The van der Waals surface area contributed by atoms with Gasteiger partial charge in [-0.25, -0.2) is 0 Å². The molecule has 0 spiro atoms. The van der Waals surface area contributed by atoms with Crippen molar-refractivity contribution < 1.29 is 14.2 Å². The van der Waals surface area contributed by atoms with Gasteiger partial charge in [-0.3, -0.25) is 4.99 Å². The number of guanidine groups is 1. The van der Waals surface area contributed by atoms with Crippen LogP contribution in [0, 0.1) is 0 Å². The largest absolute Gasteiger partial charge is 0.492 e. The fourth-order valence-electron chi connectivity index (χ4n) is 2.80. The molecule has 1 aliphatic heterocycles. The summed E-state index contributed by atoms with van der Waals surface area (Å²) in [5.41, 5.74) is -0.223. The van der Waals surface area contributed by atoms with Crippen LogP contribution in [0.25, 0.3) is 0 Å². The van der Waals surface area contributed by atoms with Gasteiger partial charge >= 0.3 is 0 Å². The zero-order chi connectivity index (χ0) is 18.8. The number of hydrogen-bond donors (Lipinski definition) is 1. The third-order valence-corrected chi connectivity index (χ3v) is 4.81. The molecule has 1 saturated heterocycles. The van der Waals surface area contributed by atoms with E-state index in [9.17, 15) is 0 Å². The highest BCUT2D eigenvalue weighted by atomic mass is 35.5. The first-order chi connectivity index (χ1) is 12.6. The fourth-order valence-corrected chi connectivity index (χ4v) is 2.92. The summed E-state index contributed by atoms with van der Waals surface area (Å²) in [5, 5.41) is 4.04. The van der Waals surface area contributed by atoms with E-state index in [2.05, 4.69) is 17.1 Å². The molecule has 26 heavy (non-hydrogen) atoms. The van der Waals surface area contributed by atoms with Crippen molar-refractivity contribution in [2.75, 3.05) is 53.6 Å². The van der Waals surface area contributed by atoms with Crippen molar-refractivity contribution in [2.24, 2.45) is 4.99 Å². The molecule has 0 unspecified atom stereocenters. The molecule has 146 valence electrons. The Morgan fingerprint density at radius 2 is 2.00 bits per heavy atom. The number of halogens is 1. The minimum Gasteiger partial charge on any atom is -0.492 e. The molecule has 1 heterocycles. The van der Waals surface area contributed by atoms with E-state index < -0.39 is 0 Å². The lowest BCUT2D eigenvalue weighted by Gasteiger charge is -2.35. The zero-order valence-electron chi connectivity index (χ0n) is 16.0. The normalized spacial score (nSPS) is 17.0. The molecule has 1 aromatic rings. The van der Waals surface area contributed by atoms with E-state index in [0.29, 0.717) is 18.2 Å². The molecule has 0 aliphatic carbocycles. The molecule has 1 aromatic carbocycles. The summed E-state index contributed by atoms with van der Waals surface area (Å²) >= 11 is 5.89. The van der Waals surface area contributed by atoms with Crippen LogP contribution in [0.1, 0.15) is 19.8 Å². The summed E-state index contributed by atoms with van der Waals surface area (Å²) in [7, 11) is 3.77. The van der Waals surface area contributed by atoms with Gasteiger partial charge in [-0.05, 0) is 31.2 Å². The Morgan fingerprint density at radius 3 is 2.62 bits per heavy atom. The van der Waals surface area contributed by atoms with Crippen LogP contribution < -0.4 is 10.1 Å². The van der Waals surface area contributed by atoms with Crippen LogP contribution in [0.3, 0.4) is 0 Å². The molecule has 1 fully saturated rings. The summed E-state index contributed by atoms with van der Waals surface area (Å²) in [5.74, 6) is 1.67. The lowest BCUT2D eigenvalue weighted by molar-refractivity contribution is -0.0829. The van der Waals surface area contributed by atoms with Gasteiger partial charge in [-0.15, -0.1) is 0 Å². The molecule has 0 amide bonds. The second kappa shape index (κ2) is 10.6. The Kier molecular flexibility index (Phi) is 8.48. The van der Waals surface area contributed by atoms with E-state index in [1.807, 2.05) is 31.3 Å². The van der Waals surface area contributed by atoms with Gasteiger partial charge in [0, 0.05) is 51.8 Å².